The van der Waals surface area contributed by atoms with Gasteiger partial charge in [-0.15, -0.1) is 0 Å². The van der Waals surface area contributed by atoms with Crippen LogP contribution in [0.1, 0.15) is 6.42 Å². The number of aliphatic hydroxyl groups excluding tert-OH is 1. The van der Waals surface area contributed by atoms with Crippen molar-refractivity contribution < 1.29 is 23.4 Å². The molecular weight excluding hydrogens is 414 g/mol. The van der Waals surface area contributed by atoms with Crippen LogP contribution in [0, 0.1) is 11.6 Å². The van der Waals surface area contributed by atoms with E-state index in [1.165, 1.54) is 6.07 Å². The maximum Gasteiger partial charge on any atom is 0.168 e. The Bertz CT molecular complexity index is 1200. The van der Waals surface area contributed by atoms with E-state index in [1.54, 1.807) is 18.2 Å². The minimum absolute atomic E-state index is 0.0249. The highest BCUT2D eigenvalue weighted by atomic mass is 35.5. The molecule has 0 spiro atoms. The van der Waals surface area contributed by atoms with Crippen molar-refractivity contribution in [1.82, 2.24) is 10.2 Å². The lowest BCUT2D eigenvalue weighted by atomic mass is 10.1. The molecule has 1 aromatic heterocycles. The number of halogens is 3. The fourth-order valence-electron chi connectivity index (χ4n) is 3.05. The highest BCUT2D eigenvalue weighted by molar-refractivity contribution is 6.33. The van der Waals surface area contributed by atoms with E-state index in [-0.39, 0.29) is 24.7 Å². The van der Waals surface area contributed by atoms with E-state index >= 15 is 0 Å². The van der Waals surface area contributed by atoms with Crippen molar-refractivity contribution in [2.45, 2.75) is 6.42 Å². The Labute approximate surface area is 175 Å². The lowest BCUT2D eigenvalue weighted by Crippen LogP contribution is -2.00. The Morgan fingerprint density at radius 1 is 1.03 bits per heavy atom. The van der Waals surface area contributed by atoms with Crippen molar-refractivity contribution >= 4 is 22.5 Å². The molecule has 5 nitrogen and oxygen atoms in total. The summed E-state index contributed by atoms with van der Waals surface area (Å²) in [5.74, 6) is -0.924. The predicted molar refractivity (Wildman–Crippen MR) is 110 cm³/mol. The van der Waals surface area contributed by atoms with E-state index in [0.29, 0.717) is 33.8 Å². The van der Waals surface area contributed by atoms with E-state index in [2.05, 4.69) is 10.2 Å². The van der Waals surface area contributed by atoms with Crippen molar-refractivity contribution in [3.05, 3.63) is 71.3 Å². The van der Waals surface area contributed by atoms with Crippen molar-refractivity contribution in [2.24, 2.45) is 0 Å². The number of fused-ring (bicyclic) bond motifs is 1. The Morgan fingerprint density at radius 3 is 2.63 bits per heavy atom. The van der Waals surface area contributed by atoms with Gasteiger partial charge in [-0.2, -0.15) is 5.10 Å². The monoisotopic (exact) mass is 430 g/mol. The highest BCUT2D eigenvalue weighted by Gasteiger charge is 2.18. The smallest absolute Gasteiger partial charge is 0.168 e. The van der Waals surface area contributed by atoms with Crippen LogP contribution in [0.3, 0.4) is 0 Å². The Balaban J connectivity index is 1.80. The number of H-pyrrole nitrogens is 1. The van der Waals surface area contributed by atoms with Crippen LogP contribution < -0.4 is 9.47 Å². The first kappa shape index (κ1) is 20.1. The van der Waals surface area contributed by atoms with E-state index in [4.69, 9.17) is 26.2 Å². The average Bonchev–Trinajstić information content (AvgIpc) is 3.14. The minimum Gasteiger partial charge on any atom is -0.493 e. The van der Waals surface area contributed by atoms with Gasteiger partial charge in [0.15, 0.2) is 11.6 Å². The summed E-state index contributed by atoms with van der Waals surface area (Å²) < 4.78 is 38.6. The van der Waals surface area contributed by atoms with Crippen LogP contribution in [0.25, 0.3) is 22.2 Å². The van der Waals surface area contributed by atoms with Crippen molar-refractivity contribution in [3.8, 4) is 28.5 Å². The van der Waals surface area contributed by atoms with Gasteiger partial charge < -0.3 is 14.6 Å². The van der Waals surface area contributed by atoms with Crippen molar-refractivity contribution in [3.63, 3.8) is 0 Å². The summed E-state index contributed by atoms with van der Waals surface area (Å²) in [6.07, 6.45) is 0.429. The van der Waals surface area contributed by atoms with Crippen LogP contribution in [-0.4, -0.2) is 28.5 Å². The largest absolute Gasteiger partial charge is 0.493 e. The molecule has 0 bridgehead atoms. The molecule has 154 valence electrons. The van der Waals surface area contributed by atoms with Crippen LogP contribution in [0.4, 0.5) is 8.78 Å². The van der Waals surface area contributed by atoms with Crippen LogP contribution in [-0.2, 0) is 0 Å². The summed E-state index contributed by atoms with van der Waals surface area (Å²) in [6.45, 7) is 0.232. The molecule has 0 amide bonds. The van der Waals surface area contributed by atoms with Crippen molar-refractivity contribution in [2.75, 3.05) is 13.2 Å². The minimum atomic E-state index is -0.820. The van der Waals surface area contributed by atoms with Gasteiger partial charge in [0, 0.05) is 36.8 Å². The molecule has 0 unspecified atom stereocenters. The zero-order valence-corrected chi connectivity index (χ0v) is 16.4. The predicted octanol–water partition coefficient (Wildman–Crippen LogP) is 5.72. The van der Waals surface area contributed by atoms with Gasteiger partial charge in [-0.1, -0.05) is 29.8 Å². The Morgan fingerprint density at radius 2 is 1.87 bits per heavy atom. The fourth-order valence-corrected chi connectivity index (χ4v) is 3.27. The molecule has 4 rings (SSSR count). The number of aliphatic hydroxyl groups is 1. The number of aromatic nitrogens is 2. The van der Waals surface area contributed by atoms with Gasteiger partial charge in [-0.05, 0) is 18.2 Å². The molecule has 0 aliphatic heterocycles. The van der Waals surface area contributed by atoms with E-state index in [1.807, 2.05) is 18.2 Å². The molecule has 0 aliphatic carbocycles. The summed E-state index contributed by atoms with van der Waals surface area (Å²) in [5, 5.41) is 17.6. The molecule has 0 saturated carbocycles. The van der Waals surface area contributed by atoms with Crippen LogP contribution >= 0.6 is 11.6 Å². The van der Waals surface area contributed by atoms with Crippen LogP contribution in [0.2, 0.25) is 5.02 Å². The molecule has 3 aromatic carbocycles. The lowest BCUT2D eigenvalue weighted by Gasteiger charge is -2.12. The Hall–Kier alpha value is -3.16. The molecule has 8 heteroatoms. The number of nitrogens with zero attached hydrogens (tertiary/aromatic N) is 1. The van der Waals surface area contributed by atoms with E-state index in [9.17, 15) is 8.78 Å². The SMILES string of the molecule is OCCCOc1cc(Oc2ccc(F)cc2F)cc2[nH]nc(-c3ccccc3Cl)c12. The third-order valence-electron chi connectivity index (χ3n) is 4.41. The van der Waals surface area contributed by atoms with Gasteiger partial charge in [0.2, 0.25) is 0 Å². The molecule has 30 heavy (non-hydrogen) atoms. The second-order valence-electron chi connectivity index (χ2n) is 6.50. The molecule has 0 radical (unpaired) electrons. The first-order chi connectivity index (χ1) is 14.6. The lowest BCUT2D eigenvalue weighted by molar-refractivity contribution is 0.234. The topological polar surface area (TPSA) is 67.4 Å². The number of nitrogens with one attached hydrogen (secondary N) is 1. The van der Waals surface area contributed by atoms with Crippen LogP contribution in [0.15, 0.2) is 54.6 Å². The third-order valence-corrected chi connectivity index (χ3v) is 4.74. The summed E-state index contributed by atoms with van der Waals surface area (Å²) >= 11 is 6.34. The number of hydrogen-bond donors (Lipinski definition) is 2. The number of aromatic amines is 1. The number of rotatable bonds is 7. The maximum absolute atomic E-state index is 14.0. The van der Waals surface area contributed by atoms with Gasteiger partial charge in [0.1, 0.15) is 23.0 Å². The second kappa shape index (κ2) is 8.69. The molecular formula is C22H17ClF2N2O3. The highest BCUT2D eigenvalue weighted by Crippen LogP contribution is 2.40. The summed E-state index contributed by atoms with van der Waals surface area (Å²) in [5.41, 5.74) is 1.90. The first-order valence-electron chi connectivity index (χ1n) is 9.20. The summed E-state index contributed by atoms with van der Waals surface area (Å²) in [7, 11) is 0. The standard InChI is InChI=1S/C22H17ClF2N2O3/c23-16-5-2-1-4-15(16)22-21-18(26-27-22)11-14(12-20(21)29-9-3-8-28)30-19-7-6-13(24)10-17(19)25/h1-2,4-7,10-12,28H,3,8-9H2,(H,26,27). The third kappa shape index (κ3) is 4.08. The van der Waals surface area contributed by atoms with Gasteiger partial charge >= 0.3 is 0 Å². The zero-order valence-electron chi connectivity index (χ0n) is 15.7. The van der Waals surface area contributed by atoms with Gasteiger partial charge in [0.25, 0.3) is 0 Å². The zero-order chi connectivity index (χ0) is 21.1. The molecule has 0 fully saturated rings. The number of benzene rings is 3. The normalized spacial score (nSPS) is 11.1. The van der Waals surface area contributed by atoms with Gasteiger partial charge in [-0.3, -0.25) is 5.10 Å². The average molecular weight is 431 g/mol. The molecule has 0 aliphatic rings. The van der Waals surface area contributed by atoms with Gasteiger partial charge in [-0.25, -0.2) is 8.78 Å². The quantitative estimate of drug-likeness (QED) is 0.368. The molecule has 4 aromatic rings. The number of ether oxygens (including phenoxy) is 2. The molecule has 1 heterocycles. The van der Waals surface area contributed by atoms with E-state index in [0.717, 1.165) is 17.7 Å². The summed E-state index contributed by atoms with van der Waals surface area (Å²) in [4.78, 5) is 0. The van der Waals surface area contributed by atoms with Crippen molar-refractivity contribution in [1.29, 1.82) is 0 Å². The molecule has 0 saturated heterocycles. The molecule has 0 atom stereocenters. The molecule has 2 N–H and O–H groups in total. The van der Waals surface area contributed by atoms with Gasteiger partial charge in [0.05, 0.1) is 22.5 Å². The number of hydrogen-bond acceptors (Lipinski definition) is 4. The van der Waals surface area contributed by atoms with E-state index < -0.39 is 11.6 Å². The Kier molecular flexibility index (Phi) is 5.83. The fraction of sp³-hybridized carbons (Fsp3) is 0.136. The first-order valence-corrected chi connectivity index (χ1v) is 9.58. The maximum atomic E-state index is 14.0. The van der Waals surface area contributed by atoms with Crippen LogP contribution in [0.5, 0.6) is 17.2 Å². The second-order valence-corrected chi connectivity index (χ2v) is 6.91. The summed E-state index contributed by atoms with van der Waals surface area (Å²) in [6, 6.07) is 13.6.